The molecule has 2 aliphatic rings. The van der Waals surface area contributed by atoms with Crippen LogP contribution in [0.3, 0.4) is 0 Å². The van der Waals surface area contributed by atoms with Crippen molar-refractivity contribution >= 4 is 13.0 Å². The van der Waals surface area contributed by atoms with Crippen molar-refractivity contribution in [2.75, 3.05) is 0 Å². The predicted molar refractivity (Wildman–Crippen MR) is 88.3 cm³/mol. The zero-order valence-corrected chi connectivity index (χ0v) is 15.1. The molecule has 2 heterocycles. The second-order valence-corrected chi connectivity index (χ2v) is 8.54. The summed E-state index contributed by atoms with van der Waals surface area (Å²) in [6, 6.07) is 0.0576. The number of hydrogen-bond acceptors (Lipinski definition) is 4. The third-order valence-electron chi connectivity index (χ3n) is 4.84. The molecule has 0 bridgehead atoms. The Labute approximate surface area is 134 Å². The van der Waals surface area contributed by atoms with Crippen molar-refractivity contribution in [3.05, 3.63) is 11.7 Å². The molecule has 5 nitrogen and oxygen atoms in total. The van der Waals surface area contributed by atoms with Crippen molar-refractivity contribution in [3.8, 4) is 0 Å². The van der Waals surface area contributed by atoms with Crippen LogP contribution in [0.5, 0.6) is 0 Å². The zero-order valence-electron chi connectivity index (χ0n) is 15.1. The van der Waals surface area contributed by atoms with Crippen LogP contribution in [-0.2, 0) is 9.39 Å². The predicted octanol–water partition coefficient (Wildman–Crippen LogP) is 3.38. The van der Waals surface area contributed by atoms with Gasteiger partial charge in [-0.05, 0) is 58.8 Å². The summed E-state index contributed by atoms with van der Waals surface area (Å²) in [6.45, 7) is 16.4. The van der Waals surface area contributed by atoms with Gasteiger partial charge in [0.05, 0.1) is 5.60 Å². The highest BCUT2D eigenvalue weighted by atomic mass is 16.6. The normalized spacial score (nSPS) is 27.1. The first-order valence-electron chi connectivity index (χ1n) is 8.00. The number of amides is 1. The van der Waals surface area contributed by atoms with Crippen LogP contribution in [0.2, 0.25) is 6.32 Å². The molecule has 1 N–H and O–H groups in total. The van der Waals surface area contributed by atoms with Crippen molar-refractivity contribution in [1.29, 1.82) is 0 Å². The van der Waals surface area contributed by atoms with E-state index >= 15 is 0 Å². The molecule has 2 rings (SSSR count). The van der Waals surface area contributed by atoms with Gasteiger partial charge in [-0.1, -0.05) is 13.8 Å². The summed E-state index contributed by atoms with van der Waals surface area (Å²) in [7, 11) is 0. The second kappa shape index (κ2) is 5.27. The van der Waals surface area contributed by atoms with Gasteiger partial charge in [-0.2, -0.15) is 0 Å². The van der Waals surface area contributed by atoms with Gasteiger partial charge in [-0.3, -0.25) is 0 Å². The molecule has 0 aliphatic carbocycles. The van der Waals surface area contributed by atoms with E-state index in [1.807, 2.05) is 33.9 Å². The maximum absolute atomic E-state index is 12.2. The summed E-state index contributed by atoms with van der Waals surface area (Å²) in [4.78, 5) is 12.2. The topological polar surface area (TPSA) is 50.8 Å². The van der Waals surface area contributed by atoms with Crippen LogP contribution in [0, 0.1) is 5.41 Å². The van der Waals surface area contributed by atoms with E-state index in [2.05, 4.69) is 33.1 Å². The van der Waals surface area contributed by atoms with Gasteiger partial charge in [-0.25, -0.2) is 15.2 Å². The molecule has 22 heavy (non-hydrogen) atoms. The van der Waals surface area contributed by atoms with E-state index < -0.39 is 5.60 Å². The van der Waals surface area contributed by atoms with Crippen molar-refractivity contribution in [1.82, 2.24) is 10.4 Å². The molecular formula is C16H29BN2O3. The Morgan fingerprint density at radius 2 is 2.00 bits per heavy atom. The number of nitrogens with one attached hydrogen (secondary N) is 1. The molecule has 124 valence electrons. The van der Waals surface area contributed by atoms with E-state index in [-0.39, 0.29) is 30.1 Å². The quantitative estimate of drug-likeness (QED) is 0.755. The van der Waals surface area contributed by atoms with Crippen molar-refractivity contribution in [2.45, 2.75) is 79.0 Å². The van der Waals surface area contributed by atoms with Crippen LogP contribution >= 0.6 is 0 Å². The Balaban J connectivity index is 2.13. The fourth-order valence-corrected chi connectivity index (χ4v) is 2.81. The molecule has 1 atom stereocenters. The van der Waals surface area contributed by atoms with Crippen LogP contribution in [0.1, 0.15) is 55.4 Å². The molecule has 1 fully saturated rings. The molecule has 1 amide bonds. The number of carbonyl (C=O) groups excluding carboxylic acids is 1. The highest BCUT2D eigenvalue weighted by molar-refractivity contribution is 6.61. The van der Waals surface area contributed by atoms with Gasteiger partial charge in [0.15, 0.2) is 0 Å². The third kappa shape index (κ3) is 3.33. The van der Waals surface area contributed by atoms with E-state index in [4.69, 9.17) is 9.39 Å². The first kappa shape index (κ1) is 17.4. The van der Waals surface area contributed by atoms with Crippen LogP contribution in [0.15, 0.2) is 11.7 Å². The van der Waals surface area contributed by atoms with Crippen molar-refractivity contribution in [2.24, 2.45) is 5.41 Å². The lowest BCUT2D eigenvalue weighted by Crippen LogP contribution is -2.42. The van der Waals surface area contributed by atoms with Gasteiger partial charge in [-0.15, -0.1) is 0 Å². The molecule has 1 saturated heterocycles. The summed E-state index contributed by atoms with van der Waals surface area (Å²) in [5.74, 6) is 0. The maximum atomic E-state index is 12.2. The standard InChI is InChI=1S/C16H29BN2O3/c1-11-12(17-10-15(5,6)16(7,8)22-17)9-19(18-11)13(20)21-14(2,3)4/h9,11,18H,10H2,1-8H3. The van der Waals surface area contributed by atoms with Gasteiger partial charge in [0.1, 0.15) is 5.60 Å². The van der Waals surface area contributed by atoms with E-state index in [0.29, 0.717) is 0 Å². The van der Waals surface area contributed by atoms with Crippen molar-refractivity contribution in [3.63, 3.8) is 0 Å². The Bertz CT molecular complexity index is 478. The summed E-state index contributed by atoms with van der Waals surface area (Å²) >= 11 is 0. The highest BCUT2D eigenvalue weighted by Crippen LogP contribution is 2.47. The van der Waals surface area contributed by atoms with Gasteiger partial charge in [0, 0.05) is 12.2 Å². The first-order valence-corrected chi connectivity index (χ1v) is 8.00. The molecule has 0 aromatic carbocycles. The minimum Gasteiger partial charge on any atom is -0.442 e. The van der Waals surface area contributed by atoms with E-state index in [1.165, 1.54) is 5.01 Å². The maximum Gasteiger partial charge on any atom is 0.428 e. The van der Waals surface area contributed by atoms with Gasteiger partial charge in [0.25, 0.3) is 0 Å². The summed E-state index contributed by atoms with van der Waals surface area (Å²) < 4.78 is 11.7. The number of nitrogens with zero attached hydrogens (tertiary/aromatic N) is 1. The molecule has 0 spiro atoms. The fourth-order valence-electron chi connectivity index (χ4n) is 2.81. The summed E-state index contributed by atoms with van der Waals surface area (Å²) in [5.41, 5.74) is 3.65. The average Bonchev–Trinajstić information content (AvgIpc) is 2.75. The van der Waals surface area contributed by atoms with Crippen LogP contribution in [-0.4, -0.2) is 35.3 Å². The molecule has 0 radical (unpaired) electrons. The minimum absolute atomic E-state index is 0.0277. The summed E-state index contributed by atoms with van der Waals surface area (Å²) in [5, 5.41) is 1.44. The lowest BCUT2D eigenvalue weighted by Gasteiger charge is -2.34. The number of rotatable bonds is 1. The van der Waals surface area contributed by atoms with Gasteiger partial charge < -0.3 is 9.39 Å². The Hall–Kier alpha value is -1.01. The molecule has 0 aromatic heterocycles. The largest absolute Gasteiger partial charge is 0.442 e. The smallest absolute Gasteiger partial charge is 0.428 e. The zero-order chi connectivity index (χ0) is 16.9. The molecule has 2 aliphatic heterocycles. The summed E-state index contributed by atoms with van der Waals surface area (Å²) in [6.07, 6.45) is 2.40. The van der Waals surface area contributed by atoms with E-state index in [0.717, 1.165) is 11.8 Å². The lowest BCUT2D eigenvalue weighted by atomic mass is 9.52. The molecule has 0 aromatic rings. The Kier molecular flexibility index (Phi) is 4.16. The van der Waals surface area contributed by atoms with Crippen LogP contribution in [0.4, 0.5) is 4.79 Å². The van der Waals surface area contributed by atoms with Crippen molar-refractivity contribution < 1.29 is 14.2 Å². The minimum atomic E-state index is -0.508. The van der Waals surface area contributed by atoms with E-state index in [9.17, 15) is 4.79 Å². The van der Waals surface area contributed by atoms with Crippen LogP contribution < -0.4 is 5.43 Å². The number of carbonyl (C=O) groups is 1. The molecular weight excluding hydrogens is 279 g/mol. The highest BCUT2D eigenvalue weighted by Gasteiger charge is 2.52. The fraction of sp³-hybridized carbons (Fsp3) is 0.812. The van der Waals surface area contributed by atoms with Gasteiger partial charge >= 0.3 is 13.0 Å². The van der Waals surface area contributed by atoms with E-state index in [1.54, 1.807) is 0 Å². The lowest BCUT2D eigenvalue weighted by molar-refractivity contribution is 0.0261. The Morgan fingerprint density at radius 3 is 2.45 bits per heavy atom. The monoisotopic (exact) mass is 308 g/mol. The Morgan fingerprint density at radius 1 is 1.41 bits per heavy atom. The SMILES string of the molecule is CC1NN(C(=O)OC(C)(C)C)C=C1B1CC(C)(C)C(C)(C)O1. The molecule has 0 saturated carbocycles. The third-order valence-corrected chi connectivity index (χ3v) is 4.84. The number of hydrogen-bond donors (Lipinski definition) is 1. The first-order chi connectivity index (χ1) is 9.82. The number of ether oxygens (including phenoxy) is 1. The average molecular weight is 308 g/mol. The second-order valence-electron chi connectivity index (χ2n) is 8.54. The van der Waals surface area contributed by atoms with Gasteiger partial charge in [0.2, 0.25) is 0 Å². The molecule has 6 heteroatoms. The van der Waals surface area contributed by atoms with Crippen LogP contribution in [0.25, 0.3) is 0 Å². The molecule has 1 unspecified atom stereocenters. The number of hydrazine groups is 1.